The Bertz CT molecular complexity index is 778. The highest BCUT2D eigenvalue weighted by Crippen LogP contribution is 2.28. The van der Waals surface area contributed by atoms with Crippen LogP contribution in [0.15, 0.2) is 64.3 Å². The van der Waals surface area contributed by atoms with Crippen molar-refractivity contribution in [2.45, 2.75) is 26.7 Å². The molecule has 24 heavy (non-hydrogen) atoms. The Hall–Kier alpha value is -2.95. The van der Waals surface area contributed by atoms with Gasteiger partial charge in [0.05, 0.1) is 5.69 Å². The minimum absolute atomic E-state index is 0.0987. The van der Waals surface area contributed by atoms with Crippen molar-refractivity contribution in [2.24, 2.45) is 10.2 Å². The average Bonchev–Trinajstić information content (AvgIpc) is 2.56. The van der Waals surface area contributed by atoms with Gasteiger partial charge in [-0.25, -0.2) is 4.79 Å². The van der Waals surface area contributed by atoms with Crippen LogP contribution in [-0.2, 0) is 11.2 Å². The van der Waals surface area contributed by atoms with Gasteiger partial charge in [-0.1, -0.05) is 24.3 Å². The first-order valence-electron chi connectivity index (χ1n) is 7.66. The number of phenolic OH excluding ortho intramolecular Hbond substituents is 1. The number of rotatable bonds is 6. The third-order valence-corrected chi connectivity index (χ3v) is 3.56. The molecule has 0 bridgehead atoms. The van der Waals surface area contributed by atoms with Crippen LogP contribution in [-0.4, -0.2) is 16.2 Å². The van der Waals surface area contributed by atoms with E-state index in [4.69, 9.17) is 5.11 Å². The van der Waals surface area contributed by atoms with E-state index in [1.807, 2.05) is 37.3 Å². The zero-order valence-corrected chi connectivity index (χ0v) is 13.7. The van der Waals surface area contributed by atoms with Gasteiger partial charge in [0.15, 0.2) is 0 Å². The summed E-state index contributed by atoms with van der Waals surface area (Å²) in [5.41, 5.74) is 3.59. The molecule has 2 aromatic carbocycles. The molecule has 0 saturated heterocycles. The van der Waals surface area contributed by atoms with Crippen LogP contribution in [0.25, 0.3) is 0 Å². The second-order valence-electron chi connectivity index (χ2n) is 5.59. The van der Waals surface area contributed by atoms with Gasteiger partial charge < -0.3 is 10.2 Å². The summed E-state index contributed by atoms with van der Waals surface area (Å²) < 4.78 is 0. The van der Waals surface area contributed by atoms with E-state index < -0.39 is 5.97 Å². The van der Waals surface area contributed by atoms with E-state index in [0.29, 0.717) is 23.4 Å². The van der Waals surface area contributed by atoms with Gasteiger partial charge in [0, 0.05) is 5.57 Å². The predicted molar refractivity (Wildman–Crippen MR) is 93.2 cm³/mol. The highest BCUT2D eigenvalue weighted by molar-refractivity contribution is 5.85. The van der Waals surface area contributed by atoms with Crippen molar-refractivity contribution in [3.63, 3.8) is 0 Å². The van der Waals surface area contributed by atoms with Gasteiger partial charge in [0.1, 0.15) is 11.4 Å². The van der Waals surface area contributed by atoms with Crippen molar-refractivity contribution in [2.75, 3.05) is 0 Å². The molecule has 0 aliphatic carbocycles. The van der Waals surface area contributed by atoms with Gasteiger partial charge in [-0.2, -0.15) is 5.11 Å². The molecule has 0 aromatic heterocycles. The highest BCUT2D eigenvalue weighted by Gasteiger charge is 2.01. The molecule has 0 aliphatic rings. The van der Waals surface area contributed by atoms with Crippen molar-refractivity contribution >= 4 is 17.3 Å². The molecule has 0 amide bonds. The topological polar surface area (TPSA) is 82.2 Å². The fourth-order valence-electron chi connectivity index (χ4n) is 2.10. The number of carbonyl (C=O) groups is 1. The lowest BCUT2D eigenvalue weighted by Gasteiger charge is -2.01. The number of aliphatic carboxylic acids is 1. The minimum atomic E-state index is -0.884. The summed E-state index contributed by atoms with van der Waals surface area (Å²) in [6, 6.07) is 12.7. The van der Waals surface area contributed by atoms with E-state index in [1.54, 1.807) is 25.1 Å². The lowest BCUT2D eigenvalue weighted by Crippen LogP contribution is -1.96. The van der Waals surface area contributed by atoms with Crippen LogP contribution >= 0.6 is 0 Å². The maximum atomic E-state index is 10.7. The second-order valence-corrected chi connectivity index (χ2v) is 5.59. The Morgan fingerprint density at radius 2 is 1.83 bits per heavy atom. The summed E-state index contributed by atoms with van der Waals surface area (Å²) in [5, 5.41) is 26.7. The summed E-state index contributed by atoms with van der Waals surface area (Å²) in [7, 11) is 0. The molecular weight excluding hydrogens is 304 g/mol. The van der Waals surface area contributed by atoms with Crippen LogP contribution in [0.3, 0.4) is 0 Å². The lowest BCUT2D eigenvalue weighted by molar-refractivity contribution is -0.132. The number of hydrogen-bond acceptors (Lipinski definition) is 4. The zero-order valence-electron chi connectivity index (χ0n) is 13.7. The summed E-state index contributed by atoms with van der Waals surface area (Å²) in [4.78, 5) is 10.7. The third kappa shape index (κ3) is 5.05. The molecule has 124 valence electrons. The van der Waals surface area contributed by atoms with Gasteiger partial charge in [-0.05, 0) is 62.1 Å². The van der Waals surface area contributed by atoms with Crippen molar-refractivity contribution in [3.8, 4) is 5.75 Å². The normalized spacial score (nSPS) is 11.8. The number of hydrogen-bond donors (Lipinski definition) is 2. The third-order valence-electron chi connectivity index (χ3n) is 3.56. The molecule has 0 fully saturated rings. The fraction of sp³-hybridized carbons (Fsp3) is 0.211. The Morgan fingerprint density at radius 1 is 1.12 bits per heavy atom. The van der Waals surface area contributed by atoms with E-state index in [2.05, 4.69) is 10.2 Å². The number of allylic oxidation sites excluding steroid dienone is 1. The van der Waals surface area contributed by atoms with Crippen LogP contribution in [0.2, 0.25) is 0 Å². The van der Waals surface area contributed by atoms with Gasteiger partial charge >= 0.3 is 5.97 Å². The van der Waals surface area contributed by atoms with E-state index >= 15 is 0 Å². The molecule has 2 N–H and O–H groups in total. The Morgan fingerprint density at radius 3 is 2.50 bits per heavy atom. The SMILES string of the molecule is C/C(=C\CCc1ccc(/N=N/c2cc(C)ccc2O)cc1)C(=O)O. The first-order chi connectivity index (χ1) is 11.5. The number of azo groups is 1. The number of phenols is 1. The van der Waals surface area contributed by atoms with Crippen molar-refractivity contribution < 1.29 is 15.0 Å². The van der Waals surface area contributed by atoms with Gasteiger partial charge in [0.2, 0.25) is 0 Å². The molecule has 0 atom stereocenters. The lowest BCUT2D eigenvalue weighted by atomic mass is 10.1. The van der Waals surface area contributed by atoms with Gasteiger partial charge in [0.25, 0.3) is 0 Å². The fourth-order valence-corrected chi connectivity index (χ4v) is 2.10. The molecule has 2 rings (SSSR count). The van der Waals surface area contributed by atoms with E-state index in [1.165, 1.54) is 0 Å². The smallest absolute Gasteiger partial charge is 0.330 e. The zero-order chi connectivity index (χ0) is 17.5. The summed E-state index contributed by atoms with van der Waals surface area (Å²) in [6.45, 7) is 3.51. The minimum Gasteiger partial charge on any atom is -0.506 e. The average molecular weight is 324 g/mol. The van der Waals surface area contributed by atoms with Gasteiger partial charge in [-0.3, -0.25) is 0 Å². The van der Waals surface area contributed by atoms with Crippen LogP contribution in [0.4, 0.5) is 11.4 Å². The molecule has 0 unspecified atom stereocenters. The summed E-state index contributed by atoms with van der Waals surface area (Å²) >= 11 is 0. The molecule has 0 saturated carbocycles. The molecule has 2 aromatic rings. The van der Waals surface area contributed by atoms with Crippen LogP contribution in [0, 0.1) is 6.92 Å². The maximum Gasteiger partial charge on any atom is 0.330 e. The standard InChI is InChI=1S/C19H20N2O3/c1-13-6-11-18(22)17(12-13)21-20-16-9-7-15(8-10-16)5-3-4-14(2)19(23)24/h4,6-12,22H,3,5H2,1-2H3,(H,23,24)/b14-4+,21-20+. The van der Waals surface area contributed by atoms with Crippen LogP contribution in [0.5, 0.6) is 5.75 Å². The highest BCUT2D eigenvalue weighted by atomic mass is 16.4. The van der Waals surface area contributed by atoms with Crippen molar-refractivity contribution in [1.29, 1.82) is 0 Å². The molecule has 5 nitrogen and oxygen atoms in total. The largest absolute Gasteiger partial charge is 0.506 e. The number of carboxylic acids is 1. The second kappa shape index (κ2) is 8.06. The first kappa shape index (κ1) is 17.4. The first-order valence-corrected chi connectivity index (χ1v) is 7.66. The maximum absolute atomic E-state index is 10.7. The van der Waals surface area contributed by atoms with E-state index in [9.17, 15) is 9.90 Å². The van der Waals surface area contributed by atoms with Crippen LogP contribution < -0.4 is 0 Å². The molecule has 0 heterocycles. The number of aromatic hydroxyl groups is 1. The molecule has 0 spiro atoms. The monoisotopic (exact) mass is 324 g/mol. The molecule has 0 radical (unpaired) electrons. The summed E-state index contributed by atoms with van der Waals surface area (Å²) in [5.74, 6) is -0.785. The Kier molecular flexibility index (Phi) is 5.84. The van der Waals surface area contributed by atoms with Crippen molar-refractivity contribution in [1.82, 2.24) is 0 Å². The molecule has 5 heteroatoms. The number of aryl methyl sites for hydroxylation is 2. The quantitative estimate of drug-likeness (QED) is 0.574. The van der Waals surface area contributed by atoms with Crippen molar-refractivity contribution in [3.05, 3.63) is 65.2 Å². The predicted octanol–water partition coefficient (Wildman–Crippen LogP) is 5.08. The number of benzene rings is 2. The van der Waals surface area contributed by atoms with E-state index in [0.717, 1.165) is 17.5 Å². The van der Waals surface area contributed by atoms with E-state index in [-0.39, 0.29) is 5.75 Å². The Labute approximate surface area is 141 Å². The number of nitrogens with zero attached hydrogens (tertiary/aromatic N) is 2. The number of carboxylic acid groups (broad SMARTS) is 1. The van der Waals surface area contributed by atoms with Crippen LogP contribution in [0.1, 0.15) is 24.5 Å². The van der Waals surface area contributed by atoms with Gasteiger partial charge in [-0.15, -0.1) is 5.11 Å². The molecule has 0 aliphatic heterocycles. The molecular formula is C19H20N2O3. The Balaban J connectivity index is 1.99. The summed E-state index contributed by atoms with van der Waals surface area (Å²) in [6.07, 6.45) is 3.16.